The van der Waals surface area contributed by atoms with E-state index in [2.05, 4.69) is 45.6 Å². The summed E-state index contributed by atoms with van der Waals surface area (Å²) in [4.78, 5) is 1.72. The van der Waals surface area contributed by atoms with Crippen molar-refractivity contribution in [1.29, 1.82) is 0 Å². The average molecular weight is 354 g/mol. The topological polar surface area (TPSA) is 0 Å². The number of hydrogen-bond donors (Lipinski definition) is 0. The second-order valence-electron chi connectivity index (χ2n) is 5.54. The van der Waals surface area contributed by atoms with Gasteiger partial charge in [-0.1, -0.05) is 51.8 Å². The number of rotatable bonds is 2. The van der Waals surface area contributed by atoms with E-state index in [4.69, 9.17) is 11.6 Å². The van der Waals surface area contributed by atoms with Gasteiger partial charge in [-0.05, 0) is 53.2 Å². The molecule has 0 bridgehead atoms. The van der Waals surface area contributed by atoms with Gasteiger partial charge in [0.25, 0.3) is 0 Å². The van der Waals surface area contributed by atoms with Gasteiger partial charge in [-0.15, -0.1) is 11.3 Å². The molecule has 1 fully saturated rings. The van der Waals surface area contributed by atoms with Crippen molar-refractivity contribution in [2.45, 2.75) is 23.6 Å². The molecular weight excluding hydrogens is 340 g/mol. The normalized spacial score (nSPS) is 29.5. The van der Waals surface area contributed by atoms with Crippen LogP contribution in [0, 0.1) is 11.8 Å². The summed E-state index contributed by atoms with van der Waals surface area (Å²) in [5.74, 6) is 2.31. The highest BCUT2D eigenvalue weighted by molar-refractivity contribution is 9.09. The maximum Gasteiger partial charge on any atom is 0.0556 e. The van der Waals surface area contributed by atoms with Crippen LogP contribution in [0.2, 0.25) is 5.02 Å². The number of halogens is 2. The SMILES string of the molecule is Clc1ccsc1C(Br)C1C2CCc3ccccc3C21. The van der Waals surface area contributed by atoms with Crippen LogP contribution < -0.4 is 0 Å². The van der Waals surface area contributed by atoms with Gasteiger partial charge in [0.05, 0.1) is 9.85 Å². The van der Waals surface area contributed by atoms with Gasteiger partial charge in [-0.25, -0.2) is 0 Å². The Morgan fingerprint density at radius 2 is 2.11 bits per heavy atom. The van der Waals surface area contributed by atoms with Crippen LogP contribution in [0.5, 0.6) is 0 Å². The third-order valence-electron chi connectivity index (χ3n) is 4.62. The lowest BCUT2D eigenvalue weighted by molar-refractivity contribution is 0.629. The largest absolute Gasteiger partial charge is 0.146 e. The van der Waals surface area contributed by atoms with Crippen LogP contribution in [0.3, 0.4) is 0 Å². The molecule has 0 amide bonds. The first kappa shape index (κ1) is 12.4. The van der Waals surface area contributed by atoms with E-state index in [1.807, 2.05) is 6.07 Å². The summed E-state index contributed by atoms with van der Waals surface area (Å²) < 4.78 is 0. The molecule has 0 saturated heterocycles. The minimum atomic E-state index is 0.418. The average Bonchev–Trinajstić information content (AvgIpc) is 3.04. The summed E-state index contributed by atoms with van der Waals surface area (Å²) in [5.41, 5.74) is 3.14. The van der Waals surface area contributed by atoms with Crippen LogP contribution in [0.25, 0.3) is 0 Å². The number of benzene rings is 1. The first-order valence-electron chi connectivity index (χ1n) is 6.72. The molecule has 0 spiro atoms. The van der Waals surface area contributed by atoms with Crippen LogP contribution >= 0.6 is 38.9 Å². The zero-order valence-electron chi connectivity index (χ0n) is 10.4. The van der Waals surface area contributed by atoms with Gasteiger partial charge < -0.3 is 0 Å². The maximum atomic E-state index is 6.28. The fraction of sp³-hybridized carbons (Fsp3) is 0.375. The van der Waals surface area contributed by atoms with Gasteiger partial charge in [0.2, 0.25) is 0 Å². The molecule has 4 unspecified atom stereocenters. The molecule has 2 aliphatic carbocycles. The Labute approximate surface area is 130 Å². The Morgan fingerprint density at radius 3 is 2.89 bits per heavy atom. The van der Waals surface area contributed by atoms with Gasteiger partial charge in [0.15, 0.2) is 0 Å². The van der Waals surface area contributed by atoms with Gasteiger partial charge in [0.1, 0.15) is 0 Å². The van der Waals surface area contributed by atoms with Crippen molar-refractivity contribution in [2.75, 3.05) is 0 Å². The molecule has 4 rings (SSSR count). The van der Waals surface area contributed by atoms with Crippen molar-refractivity contribution in [3.05, 3.63) is 56.7 Å². The molecule has 3 heteroatoms. The lowest BCUT2D eigenvalue weighted by atomic mass is 9.92. The summed E-state index contributed by atoms with van der Waals surface area (Å²) >= 11 is 12.0. The van der Waals surface area contributed by atoms with Gasteiger partial charge in [-0.3, -0.25) is 0 Å². The van der Waals surface area contributed by atoms with Crippen LogP contribution in [0.15, 0.2) is 35.7 Å². The monoisotopic (exact) mass is 352 g/mol. The number of alkyl halides is 1. The Bertz CT molecular complexity index is 621. The van der Waals surface area contributed by atoms with Crippen molar-refractivity contribution >= 4 is 38.9 Å². The Morgan fingerprint density at radius 1 is 1.26 bits per heavy atom. The lowest BCUT2D eigenvalue weighted by Crippen LogP contribution is -2.00. The molecule has 1 saturated carbocycles. The molecule has 0 aliphatic heterocycles. The third kappa shape index (κ3) is 1.91. The molecule has 2 aliphatic rings. The second-order valence-corrected chi connectivity index (χ2v) is 7.88. The van der Waals surface area contributed by atoms with E-state index in [0.29, 0.717) is 4.83 Å². The van der Waals surface area contributed by atoms with E-state index in [0.717, 1.165) is 22.8 Å². The summed E-state index contributed by atoms with van der Waals surface area (Å²) in [7, 11) is 0. The van der Waals surface area contributed by atoms with E-state index in [9.17, 15) is 0 Å². The molecule has 0 nitrogen and oxygen atoms in total. The molecule has 1 aromatic carbocycles. The Kier molecular flexibility index (Phi) is 3.02. The molecule has 0 N–H and O–H groups in total. The standard InChI is InChI=1S/C16H14BrClS/c17-15(16-12(18)7-8-19-16)14-11-6-5-9-3-1-2-4-10(9)13(11)14/h1-4,7-8,11,13-15H,5-6H2. The first-order chi connectivity index (χ1) is 9.27. The van der Waals surface area contributed by atoms with Crippen molar-refractivity contribution in [3.63, 3.8) is 0 Å². The fourth-order valence-corrected chi connectivity index (χ4v) is 6.33. The van der Waals surface area contributed by atoms with Gasteiger partial charge in [0, 0.05) is 4.88 Å². The molecule has 2 aromatic rings. The molecule has 0 radical (unpaired) electrons. The maximum absolute atomic E-state index is 6.28. The highest BCUT2D eigenvalue weighted by atomic mass is 79.9. The zero-order valence-corrected chi connectivity index (χ0v) is 13.5. The van der Waals surface area contributed by atoms with Crippen LogP contribution in [-0.2, 0) is 6.42 Å². The second kappa shape index (κ2) is 4.61. The number of aryl methyl sites for hydroxylation is 1. The first-order valence-corrected chi connectivity index (χ1v) is 8.89. The number of hydrogen-bond acceptors (Lipinski definition) is 1. The highest BCUT2D eigenvalue weighted by Gasteiger charge is 2.56. The zero-order chi connectivity index (χ0) is 13.0. The predicted molar refractivity (Wildman–Crippen MR) is 85.5 cm³/mol. The van der Waals surface area contributed by atoms with Crippen LogP contribution in [0.1, 0.15) is 33.2 Å². The summed E-state index contributed by atoms with van der Waals surface area (Å²) in [6.07, 6.45) is 2.57. The molecule has 19 heavy (non-hydrogen) atoms. The minimum Gasteiger partial charge on any atom is -0.146 e. The fourth-order valence-electron chi connectivity index (χ4n) is 3.70. The number of thiophene rings is 1. The lowest BCUT2D eigenvalue weighted by Gasteiger charge is -2.13. The van der Waals surface area contributed by atoms with Crippen molar-refractivity contribution < 1.29 is 0 Å². The molecule has 1 aromatic heterocycles. The quantitative estimate of drug-likeness (QED) is 0.597. The van der Waals surface area contributed by atoms with Gasteiger partial charge in [-0.2, -0.15) is 0 Å². The summed E-state index contributed by atoms with van der Waals surface area (Å²) in [6.45, 7) is 0. The van der Waals surface area contributed by atoms with E-state index in [1.54, 1.807) is 22.5 Å². The summed E-state index contributed by atoms with van der Waals surface area (Å²) in [6, 6.07) is 11.0. The highest BCUT2D eigenvalue weighted by Crippen LogP contribution is 2.66. The van der Waals surface area contributed by atoms with E-state index < -0.39 is 0 Å². The van der Waals surface area contributed by atoms with E-state index >= 15 is 0 Å². The molecule has 4 atom stereocenters. The third-order valence-corrected chi connectivity index (χ3v) is 7.44. The minimum absolute atomic E-state index is 0.418. The smallest absolute Gasteiger partial charge is 0.0556 e. The van der Waals surface area contributed by atoms with Crippen LogP contribution in [-0.4, -0.2) is 0 Å². The number of fused-ring (bicyclic) bond motifs is 3. The summed E-state index contributed by atoms with van der Waals surface area (Å²) in [5, 5.41) is 3.01. The van der Waals surface area contributed by atoms with E-state index in [-0.39, 0.29) is 0 Å². The molecule has 98 valence electrons. The van der Waals surface area contributed by atoms with Gasteiger partial charge >= 0.3 is 0 Å². The van der Waals surface area contributed by atoms with Crippen molar-refractivity contribution in [1.82, 2.24) is 0 Å². The Balaban J connectivity index is 1.66. The molecule has 1 heterocycles. The predicted octanol–water partition coefficient (Wildman–Crippen LogP) is 5.81. The van der Waals surface area contributed by atoms with Crippen molar-refractivity contribution in [3.8, 4) is 0 Å². The molecular formula is C16H14BrClS. The Hall–Kier alpha value is -0.310. The van der Waals surface area contributed by atoms with Crippen molar-refractivity contribution in [2.24, 2.45) is 11.8 Å². The van der Waals surface area contributed by atoms with Crippen LogP contribution in [0.4, 0.5) is 0 Å². The van der Waals surface area contributed by atoms with E-state index in [1.165, 1.54) is 17.7 Å².